The third-order valence-corrected chi connectivity index (χ3v) is 6.02. The summed E-state index contributed by atoms with van der Waals surface area (Å²) < 4.78 is 22.3. The van der Waals surface area contributed by atoms with Crippen LogP contribution in [-0.2, 0) is 14.3 Å². The number of benzene rings is 1. The van der Waals surface area contributed by atoms with Crippen LogP contribution in [0.15, 0.2) is 34.7 Å². The third-order valence-electron chi connectivity index (χ3n) is 6.02. The standard InChI is InChI=1S/C25H33NO6/c1-6-7-8-14-32-25(28)20-15(2)26-17-10-9-11-18(27)22(17)21(20)16-12-13-19(29-3)24(31-5)23(16)30-4/h12-13,21,26H,6-11,14H2,1-5H3. The number of rotatable bonds is 9. The van der Waals surface area contributed by atoms with Gasteiger partial charge in [0.25, 0.3) is 0 Å². The summed E-state index contributed by atoms with van der Waals surface area (Å²) in [4.78, 5) is 26.4. The molecule has 1 unspecified atom stereocenters. The van der Waals surface area contributed by atoms with Gasteiger partial charge < -0.3 is 24.3 Å². The molecule has 0 aromatic heterocycles. The molecule has 1 aromatic carbocycles. The Morgan fingerprint density at radius 3 is 2.47 bits per heavy atom. The molecule has 0 saturated heterocycles. The molecule has 0 radical (unpaired) electrons. The van der Waals surface area contributed by atoms with E-state index in [0.717, 1.165) is 37.8 Å². The summed E-state index contributed by atoms with van der Waals surface area (Å²) in [5.74, 6) is 0.378. The van der Waals surface area contributed by atoms with Crippen LogP contribution in [0.1, 0.15) is 63.9 Å². The molecule has 1 aliphatic heterocycles. The van der Waals surface area contributed by atoms with E-state index in [1.165, 1.54) is 7.11 Å². The number of nitrogens with one attached hydrogen (secondary N) is 1. The summed E-state index contributed by atoms with van der Waals surface area (Å²) in [5, 5.41) is 3.31. The smallest absolute Gasteiger partial charge is 0.336 e. The highest BCUT2D eigenvalue weighted by molar-refractivity contribution is 6.04. The number of methoxy groups -OCH3 is 3. The molecule has 0 fully saturated rings. The first kappa shape index (κ1) is 23.7. The first-order chi connectivity index (χ1) is 15.5. The molecule has 32 heavy (non-hydrogen) atoms. The van der Waals surface area contributed by atoms with Crippen molar-refractivity contribution in [3.63, 3.8) is 0 Å². The van der Waals surface area contributed by atoms with Crippen molar-refractivity contribution >= 4 is 11.8 Å². The summed E-state index contributed by atoms with van der Waals surface area (Å²) in [6.07, 6.45) is 4.82. The van der Waals surface area contributed by atoms with E-state index in [2.05, 4.69) is 12.2 Å². The minimum absolute atomic E-state index is 0.0318. The van der Waals surface area contributed by atoms with E-state index in [0.29, 0.717) is 52.7 Å². The van der Waals surface area contributed by atoms with E-state index in [-0.39, 0.29) is 5.78 Å². The zero-order valence-electron chi connectivity index (χ0n) is 19.6. The molecule has 1 N–H and O–H groups in total. The van der Waals surface area contributed by atoms with Crippen LogP contribution in [-0.4, -0.2) is 39.7 Å². The number of esters is 1. The maximum absolute atomic E-state index is 13.3. The van der Waals surface area contributed by atoms with Gasteiger partial charge in [0.05, 0.1) is 39.4 Å². The van der Waals surface area contributed by atoms with Crippen LogP contribution in [0.3, 0.4) is 0 Å². The lowest BCUT2D eigenvalue weighted by Crippen LogP contribution is -2.34. The highest BCUT2D eigenvalue weighted by Gasteiger charge is 2.41. The van der Waals surface area contributed by atoms with E-state index in [1.54, 1.807) is 20.3 Å². The van der Waals surface area contributed by atoms with Crippen molar-refractivity contribution in [2.24, 2.45) is 0 Å². The number of hydrogen-bond acceptors (Lipinski definition) is 7. The molecule has 0 spiro atoms. The average molecular weight is 444 g/mol. The molecule has 174 valence electrons. The number of allylic oxidation sites excluding steroid dienone is 3. The van der Waals surface area contributed by atoms with Crippen LogP contribution in [0.2, 0.25) is 0 Å². The number of carbonyl (C=O) groups excluding carboxylic acids is 2. The minimum Gasteiger partial charge on any atom is -0.493 e. The van der Waals surface area contributed by atoms with Gasteiger partial charge in [0.1, 0.15) is 0 Å². The first-order valence-corrected chi connectivity index (χ1v) is 11.2. The lowest BCUT2D eigenvalue weighted by molar-refractivity contribution is -0.139. The highest BCUT2D eigenvalue weighted by atomic mass is 16.5. The Morgan fingerprint density at radius 2 is 1.81 bits per heavy atom. The zero-order chi connectivity index (χ0) is 23.3. The average Bonchev–Trinajstić information content (AvgIpc) is 2.79. The molecular formula is C25H33NO6. The number of ether oxygens (including phenoxy) is 4. The van der Waals surface area contributed by atoms with Crippen molar-refractivity contribution in [1.29, 1.82) is 0 Å². The molecular weight excluding hydrogens is 410 g/mol. The van der Waals surface area contributed by atoms with Gasteiger partial charge in [0.15, 0.2) is 17.3 Å². The fourth-order valence-corrected chi connectivity index (χ4v) is 4.51. The molecule has 1 aliphatic carbocycles. The van der Waals surface area contributed by atoms with Gasteiger partial charge in [-0.15, -0.1) is 0 Å². The Labute approximate surface area is 189 Å². The predicted molar refractivity (Wildman–Crippen MR) is 121 cm³/mol. The number of unbranched alkanes of at least 4 members (excludes halogenated alkanes) is 2. The number of ketones is 1. The Morgan fingerprint density at radius 1 is 1.06 bits per heavy atom. The second-order valence-electron chi connectivity index (χ2n) is 8.03. The molecule has 0 bridgehead atoms. The minimum atomic E-state index is -0.604. The van der Waals surface area contributed by atoms with Crippen LogP contribution < -0.4 is 19.5 Å². The van der Waals surface area contributed by atoms with Crippen LogP contribution in [0.25, 0.3) is 0 Å². The van der Waals surface area contributed by atoms with Crippen LogP contribution >= 0.6 is 0 Å². The van der Waals surface area contributed by atoms with Crippen LogP contribution in [0, 0.1) is 0 Å². The number of carbonyl (C=O) groups is 2. The fourth-order valence-electron chi connectivity index (χ4n) is 4.51. The first-order valence-electron chi connectivity index (χ1n) is 11.2. The Kier molecular flexibility index (Phi) is 7.83. The third kappa shape index (κ3) is 4.47. The van der Waals surface area contributed by atoms with E-state index < -0.39 is 11.9 Å². The Bertz CT molecular complexity index is 946. The maximum atomic E-state index is 13.3. The Hall–Kier alpha value is -2.96. The predicted octanol–water partition coefficient (Wildman–Crippen LogP) is 4.41. The van der Waals surface area contributed by atoms with Gasteiger partial charge >= 0.3 is 5.97 Å². The van der Waals surface area contributed by atoms with Crippen LogP contribution in [0.5, 0.6) is 17.2 Å². The van der Waals surface area contributed by atoms with Crippen molar-refractivity contribution in [1.82, 2.24) is 5.32 Å². The lowest BCUT2D eigenvalue weighted by atomic mass is 9.75. The zero-order valence-corrected chi connectivity index (χ0v) is 19.6. The van der Waals surface area contributed by atoms with Crippen molar-refractivity contribution in [3.8, 4) is 17.2 Å². The van der Waals surface area contributed by atoms with Crippen LogP contribution in [0.4, 0.5) is 0 Å². The molecule has 3 rings (SSSR count). The SMILES string of the molecule is CCCCCOC(=O)C1=C(C)NC2=C(C(=O)CCC2)C1c1ccc(OC)c(OC)c1OC. The van der Waals surface area contributed by atoms with Crippen molar-refractivity contribution in [2.75, 3.05) is 27.9 Å². The monoisotopic (exact) mass is 443 g/mol. The number of dihydropyridines is 1. The molecule has 2 aliphatic rings. The van der Waals surface area contributed by atoms with E-state index in [4.69, 9.17) is 18.9 Å². The normalized spacial score (nSPS) is 18.2. The fraction of sp³-hybridized carbons (Fsp3) is 0.520. The quantitative estimate of drug-likeness (QED) is 0.447. The summed E-state index contributed by atoms with van der Waals surface area (Å²) in [5.41, 5.74) is 3.27. The highest BCUT2D eigenvalue weighted by Crippen LogP contribution is 2.50. The van der Waals surface area contributed by atoms with Gasteiger partial charge in [-0.3, -0.25) is 4.79 Å². The van der Waals surface area contributed by atoms with Crippen molar-refractivity contribution in [3.05, 3.63) is 40.2 Å². The van der Waals surface area contributed by atoms with Gasteiger partial charge in [-0.05, 0) is 32.3 Å². The topological polar surface area (TPSA) is 83.1 Å². The van der Waals surface area contributed by atoms with Gasteiger partial charge in [0.2, 0.25) is 5.75 Å². The number of hydrogen-bond donors (Lipinski definition) is 1. The summed E-state index contributed by atoms with van der Waals surface area (Å²) in [6.45, 7) is 4.30. The molecule has 1 aromatic rings. The number of Topliss-reactive ketones (excluding diaryl/α,β-unsaturated/α-hetero) is 1. The molecule has 0 amide bonds. The van der Waals surface area contributed by atoms with Gasteiger partial charge in [-0.1, -0.05) is 25.8 Å². The van der Waals surface area contributed by atoms with Crippen molar-refractivity contribution < 1.29 is 28.5 Å². The lowest BCUT2D eigenvalue weighted by Gasteiger charge is -2.35. The van der Waals surface area contributed by atoms with Gasteiger partial charge in [0, 0.05) is 29.0 Å². The van der Waals surface area contributed by atoms with Gasteiger partial charge in [-0.25, -0.2) is 4.79 Å². The van der Waals surface area contributed by atoms with Gasteiger partial charge in [-0.2, -0.15) is 0 Å². The largest absolute Gasteiger partial charge is 0.493 e. The molecule has 7 nitrogen and oxygen atoms in total. The Balaban J connectivity index is 2.14. The van der Waals surface area contributed by atoms with Crippen molar-refractivity contribution in [2.45, 2.75) is 58.3 Å². The van der Waals surface area contributed by atoms with E-state index in [9.17, 15) is 9.59 Å². The second kappa shape index (κ2) is 10.6. The molecule has 1 heterocycles. The maximum Gasteiger partial charge on any atom is 0.336 e. The summed E-state index contributed by atoms with van der Waals surface area (Å²) in [6, 6.07) is 3.60. The molecule has 0 saturated carbocycles. The van der Waals surface area contributed by atoms with E-state index >= 15 is 0 Å². The summed E-state index contributed by atoms with van der Waals surface area (Å²) in [7, 11) is 4.63. The molecule has 7 heteroatoms. The van der Waals surface area contributed by atoms with E-state index in [1.807, 2.05) is 13.0 Å². The summed E-state index contributed by atoms with van der Waals surface area (Å²) >= 11 is 0. The second-order valence-corrected chi connectivity index (χ2v) is 8.03. The molecule has 1 atom stereocenters.